The summed E-state index contributed by atoms with van der Waals surface area (Å²) in [6.07, 6.45) is -1.39. The number of aliphatic hydroxyl groups is 1. The lowest BCUT2D eigenvalue weighted by Crippen LogP contribution is -2.39. The van der Waals surface area contributed by atoms with Gasteiger partial charge in [0.1, 0.15) is 5.75 Å². The molecule has 104 valence electrons. The third kappa shape index (κ3) is 4.84. The minimum atomic E-state index is -1.39. The summed E-state index contributed by atoms with van der Waals surface area (Å²) in [4.78, 5) is 22.3. The van der Waals surface area contributed by atoms with Gasteiger partial charge in [0.15, 0.2) is 12.7 Å². The number of para-hydroxylation sites is 2. The van der Waals surface area contributed by atoms with Crippen molar-refractivity contribution >= 4 is 17.6 Å². The van der Waals surface area contributed by atoms with Gasteiger partial charge in [-0.05, 0) is 12.1 Å². The van der Waals surface area contributed by atoms with Gasteiger partial charge in [-0.15, -0.1) is 0 Å². The number of carbonyl (C=O) groups excluding carboxylic acids is 2. The fourth-order valence-corrected chi connectivity index (χ4v) is 1.24. The van der Waals surface area contributed by atoms with Gasteiger partial charge in [0, 0.05) is 0 Å². The molecule has 0 aliphatic heterocycles. The summed E-state index contributed by atoms with van der Waals surface area (Å²) < 4.78 is 9.48. The molecule has 0 saturated heterocycles. The first-order valence-electron chi connectivity index (χ1n) is 5.54. The molecule has 0 fully saturated rings. The number of nitrogen functional groups attached to an aromatic ring is 1. The molecular weight excluding hydrogens is 252 g/mol. The predicted octanol–water partition coefficient (Wildman–Crippen LogP) is -0.702. The Morgan fingerprint density at radius 2 is 2.11 bits per heavy atom. The van der Waals surface area contributed by atoms with E-state index in [2.05, 4.69) is 10.1 Å². The average Bonchev–Trinajstić information content (AvgIpc) is 2.42. The number of benzene rings is 1. The van der Waals surface area contributed by atoms with E-state index in [4.69, 9.17) is 10.5 Å². The number of esters is 1. The lowest BCUT2D eigenvalue weighted by atomic mass is 10.3. The van der Waals surface area contributed by atoms with Gasteiger partial charge in [-0.2, -0.15) is 0 Å². The Morgan fingerprint density at radius 3 is 2.74 bits per heavy atom. The molecule has 1 aromatic carbocycles. The van der Waals surface area contributed by atoms with E-state index in [-0.39, 0.29) is 13.2 Å². The Labute approximate surface area is 110 Å². The molecule has 19 heavy (non-hydrogen) atoms. The van der Waals surface area contributed by atoms with Crippen molar-refractivity contribution in [2.45, 2.75) is 6.10 Å². The quantitative estimate of drug-likeness (QED) is 0.464. The number of nitrogens with one attached hydrogen (secondary N) is 1. The van der Waals surface area contributed by atoms with Gasteiger partial charge in [0.05, 0.1) is 19.3 Å². The van der Waals surface area contributed by atoms with Crippen molar-refractivity contribution < 1.29 is 24.2 Å². The highest BCUT2D eigenvalue weighted by atomic mass is 16.5. The molecule has 0 bridgehead atoms. The van der Waals surface area contributed by atoms with E-state index in [0.29, 0.717) is 11.4 Å². The molecule has 0 radical (unpaired) electrons. The van der Waals surface area contributed by atoms with Crippen LogP contribution in [0.3, 0.4) is 0 Å². The molecule has 1 rings (SSSR count). The average molecular weight is 268 g/mol. The molecule has 0 aliphatic rings. The maximum Gasteiger partial charge on any atom is 0.336 e. The van der Waals surface area contributed by atoms with Crippen molar-refractivity contribution in [2.75, 3.05) is 26.0 Å². The molecule has 0 aliphatic carbocycles. The predicted molar refractivity (Wildman–Crippen MR) is 67.4 cm³/mol. The molecule has 1 unspecified atom stereocenters. The van der Waals surface area contributed by atoms with Gasteiger partial charge >= 0.3 is 5.97 Å². The highest BCUT2D eigenvalue weighted by molar-refractivity contribution is 5.79. The van der Waals surface area contributed by atoms with Gasteiger partial charge in [-0.25, -0.2) is 4.79 Å². The number of rotatable bonds is 6. The summed E-state index contributed by atoms with van der Waals surface area (Å²) in [5, 5.41) is 11.6. The van der Waals surface area contributed by atoms with Crippen molar-refractivity contribution in [2.24, 2.45) is 0 Å². The van der Waals surface area contributed by atoms with Crippen molar-refractivity contribution in [1.82, 2.24) is 5.32 Å². The van der Waals surface area contributed by atoms with Gasteiger partial charge in [-0.1, -0.05) is 12.1 Å². The number of nitrogens with two attached hydrogens (primary N) is 1. The molecule has 1 atom stereocenters. The molecular formula is C12H16N2O5. The summed E-state index contributed by atoms with van der Waals surface area (Å²) >= 11 is 0. The number of aliphatic hydroxyl groups excluding tert-OH is 1. The van der Waals surface area contributed by atoms with E-state index in [1.807, 2.05) is 0 Å². The molecule has 7 nitrogen and oxygen atoms in total. The van der Waals surface area contributed by atoms with Crippen LogP contribution in [0.2, 0.25) is 0 Å². The highest BCUT2D eigenvalue weighted by Crippen LogP contribution is 2.19. The van der Waals surface area contributed by atoms with Crippen LogP contribution in [0.1, 0.15) is 0 Å². The summed E-state index contributed by atoms with van der Waals surface area (Å²) in [6.45, 7) is -0.499. The third-order valence-electron chi connectivity index (χ3n) is 2.24. The zero-order valence-corrected chi connectivity index (χ0v) is 10.5. The largest absolute Gasteiger partial charge is 0.482 e. The van der Waals surface area contributed by atoms with E-state index in [0.717, 1.165) is 7.11 Å². The normalized spacial score (nSPS) is 11.5. The molecule has 0 saturated carbocycles. The molecule has 1 aromatic rings. The van der Waals surface area contributed by atoms with Crippen LogP contribution in [0.5, 0.6) is 5.75 Å². The van der Waals surface area contributed by atoms with Crippen LogP contribution in [-0.4, -0.2) is 43.3 Å². The Kier molecular flexibility index (Phi) is 5.62. The maximum atomic E-state index is 11.4. The second kappa shape index (κ2) is 7.22. The summed E-state index contributed by atoms with van der Waals surface area (Å²) in [7, 11) is 1.15. The number of ether oxygens (including phenoxy) is 2. The number of amides is 1. The minimum absolute atomic E-state index is 0.237. The Morgan fingerprint density at radius 1 is 1.42 bits per heavy atom. The first kappa shape index (κ1) is 14.8. The summed E-state index contributed by atoms with van der Waals surface area (Å²) in [5.74, 6) is -0.897. The van der Waals surface area contributed by atoms with Gasteiger partial charge < -0.3 is 25.6 Å². The van der Waals surface area contributed by atoms with E-state index < -0.39 is 18.0 Å². The van der Waals surface area contributed by atoms with Gasteiger partial charge in [-0.3, -0.25) is 4.79 Å². The molecule has 7 heteroatoms. The van der Waals surface area contributed by atoms with Gasteiger partial charge in [0.2, 0.25) is 0 Å². The molecule has 0 heterocycles. The topological polar surface area (TPSA) is 111 Å². The molecule has 4 N–H and O–H groups in total. The summed E-state index contributed by atoms with van der Waals surface area (Å²) in [5.41, 5.74) is 6.05. The van der Waals surface area contributed by atoms with E-state index in [1.54, 1.807) is 24.3 Å². The van der Waals surface area contributed by atoms with Crippen LogP contribution in [0, 0.1) is 0 Å². The zero-order valence-electron chi connectivity index (χ0n) is 10.5. The Bertz CT molecular complexity index is 450. The second-order valence-electron chi connectivity index (χ2n) is 3.67. The van der Waals surface area contributed by atoms with Crippen molar-refractivity contribution in [3.8, 4) is 5.75 Å². The third-order valence-corrected chi connectivity index (χ3v) is 2.24. The van der Waals surface area contributed by atoms with Crippen LogP contribution in [0.25, 0.3) is 0 Å². The Balaban J connectivity index is 2.33. The highest BCUT2D eigenvalue weighted by Gasteiger charge is 2.16. The van der Waals surface area contributed by atoms with E-state index >= 15 is 0 Å². The first-order chi connectivity index (χ1) is 9.04. The van der Waals surface area contributed by atoms with Crippen molar-refractivity contribution in [3.05, 3.63) is 24.3 Å². The lowest BCUT2D eigenvalue weighted by molar-refractivity contribution is -0.150. The number of hydrogen-bond donors (Lipinski definition) is 3. The number of carbonyl (C=O) groups is 2. The number of methoxy groups -OCH3 is 1. The SMILES string of the molecule is COC(=O)C(O)CNC(=O)COc1ccccc1N. The van der Waals surface area contributed by atoms with Crippen LogP contribution in [0.15, 0.2) is 24.3 Å². The number of hydrogen-bond acceptors (Lipinski definition) is 6. The fraction of sp³-hybridized carbons (Fsp3) is 0.333. The summed E-state index contributed by atoms with van der Waals surface area (Å²) in [6, 6.07) is 6.75. The standard InChI is InChI=1S/C12H16N2O5/c1-18-12(17)9(15)6-14-11(16)7-19-10-5-3-2-4-8(10)13/h2-5,9,15H,6-7,13H2,1H3,(H,14,16). The van der Waals surface area contributed by atoms with Gasteiger partial charge in [0.25, 0.3) is 5.91 Å². The smallest absolute Gasteiger partial charge is 0.336 e. The minimum Gasteiger partial charge on any atom is -0.482 e. The monoisotopic (exact) mass is 268 g/mol. The maximum absolute atomic E-state index is 11.4. The molecule has 0 spiro atoms. The fourth-order valence-electron chi connectivity index (χ4n) is 1.24. The van der Waals surface area contributed by atoms with Crippen LogP contribution < -0.4 is 15.8 Å². The van der Waals surface area contributed by atoms with Crippen LogP contribution >= 0.6 is 0 Å². The van der Waals surface area contributed by atoms with Crippen molar-refractivity contribution in [1.29, 1.82) is 0 Å². The van der Waals surface area contributed by atoms with Crippen molar-refractivity contribution in [3.63, 3.8) is 0 Å². The Hall–Kier alpha value is -2.28. The first-order valence-corrected chi connectivity index (χ1v) is 5.54. The molecule has 1 amide bonds. The van der Waals surface area contributed by atoms with Crippen LogP contribution in [-0.2, 0) is 14.3 Å². The second-order valence-corrected chi connectivity index (χ2v) is 3.67. The molecule has 0 aromatic heterocycles. The zero-order chi connectivity index (χ0) is 14.3. The lowest BCUT2D eigenvalue weighted by Gasteiger charge is -2.11. The van der Waals surface area contributed by atoms with E-state index in [1.165, 1.54) is 0 Å². The van der Waals surface area contributed by atoms with E-state index in [9.17, 15) is 14.7 Å². The van der Waals surface area contributed by atoms with Crippen LogP contribution in [0.4, 0.5) is 5.69 Å². The number of anilines is 1.